The molecule has 0 saturated carbocycles. The summed E-state index contributed by atoms with van der Waals surface area (Å²) < 4.78 is 7.35. The molecule has 0 N–H and O–H groups in total. The predicted octanol–water partition coefficient (Wildman–Crippen LogP) is 1.62. The van der Waals surface area contributed by atoms with Crippen molar-refractivity contribution >= 4 is 5.95 Å². The molecule has 0 unspecified atom stereocenters. The number of hydrogen-bond donors (Lipinski definition) is 0. The predicted molar refractivity (Wildman–Crippen MR) is 83.5 cm³/mol. The molecule has 22 heavy (non-hydrogen) atoms. The van der Waals surface area contributed by atoms with Crippen LogP contribution < -0.4 is 4.90 Å². The lowest BCUT2D eigenvalue weighted by Gasteiger charge is -2.32. The van der Waals surface area contributed by atoms with Gasteiger partial charge in [-0.1, -0.05) is 0 Å². The molecule has 0 aliphatic carbocycles. The van der Waals surface area contributed by atoms with Crippen molar-refractivity contribution in [2.45, 2.75) is 26.3 Å². The largest absolute Gasteiger partial charge is 0.384 e. The van der Waals surface area contributed by atoms with Crippen molar-refractivity contribution in [3.05, 3.63) is 18.5 Å². The maximum atomic E-state index is 5.26. The minimum atomic E-state index is 0.623. The molecule has 1 aliphatic rings. The Bertz CT molecular complexity index is 591. The van der Waals surface area contributed by atoms with Crippen molar-refractivity contribution < 1.29 is 4.74 Å². The van der Waals surface area contributed by atoms with Gasteiger partial charge in [0.1, 0.15) is 0 Å². The van der Waals surface area contributed by atoms with Gasteiger partial charge < -0.3 is 9.64 Å². The maximum absolute atomic E-state index is 5.26. The van der Waals surface area contributed by atoms with Gasteiger partial charge in [-0.25, -0.2) is 9.97 Å². The van der Waals surface area contributed by atoms with Crippen molar-refractivity contribution in [2.24, 2.45) is 5.92 Å². The maximum Gasteiger partial charge on any atom is 0.227 e. The monoisotopic (exact) mass is 302 g/mol. The molecule has 1 fully saturated rings. The lowest BCUT2D eigenvalue weighted by atomic mass is 9.98. The summed E-state index contributed by atoms with van der Waals surface area (Å²) in [6.07, 6.45) is 5.71. The van der Waals surface area contributed by atoms with E-state index in [1.165, 1.54) is 0 Å². The first-order chi connectivity index (χ1) is 10.8. The van der Waals surface area contributed by atoms with Gasteiger partial charge in [-0.15, -0.1) is 10.2 Å². The summed E-state index contributed by atoms with van der Waals surface area (Å²) in [7, 11) is 1.77. The smallest absolute Gasteiger partial charge is 0.227 e. The van der Waals surface area contributed by atoms with Crippen molar-refractivity contribution in [1.82, 2.24) is 24.7 Å². The molecule has 1 saturated heterocycles. The Morgan fingerprint density at radius 2 is 1.91 bits per heavy atom. The second kappa shape index (κ2) is 6.83. The Labute approximate surface area is 130 Å². The van der Waals surface area contributed by atoms with Crippen LogP contribution in [-0.2, 0) is 11.3 Å². The van der Waals surface area contributed by atoms with E-state index >= 15 is 0 Å². The topological polar surface area (TPSA) is 69.0 Å². The molecule has 0 aromatic carbocycles. The summed E-state index contributed by atoms with van der Waals surface area (Å²) in [6.45, 7) is 5.71. The van der Waals surface area contributed by atoms with E-state index in [4.69, 9.17) is 4.74 Å². The molecule has 0 amide bonds. The van der Waals surface area contributed by atoms with Crippen LogP contribution in [0.1, 0.15) is 19.8 Å². The van der Waals surface area contributed by atoms with Gasteiger partial charge in [0.05, 0.1) is 0 Å². The van der Waals surface area contributed by atoms with Gasteiger partial charge >= 0.3 is 0 Å². The summed E-state index contributed by atoms with van der Waals surface area (Å²) in [5, 5.41) is 8.70. The average molecular weight is 302 g/mol. The Morgan fingerprint density at radius 3 is 2.55 bits per heavy atom. The first-order valence-corrected chi connectivity index (χ1v) is 7.78. The molecular formula is C15H22N6O. The summed E-state index contributed by atoms with van der Waals surface area (Å²) in [6, 6.07) is 1.80. The highest BCUT2D eigenvalue weighted by molar-refractivity contribution is 5.48. The number of rotatable bonds is 5. The molecule has 0 radical (unpaired) electrons. The molecule has 0 atom stereocenters. The van der Waals surface area contributed by atoms with Crippen LogP contribution >= 0.6 is 0 Å². The van der Waals surface area contributed by atoms with Crippen LogP contribution in [0.3, 0.4) is 0 Å². The molecule has 118 valence electrons. The molecule has 0 bridgehead atoms. The molecule has 0 spiro atoms. The Kier molecular flexibility index (Phi) is 4.62. The van der Waals surface area contributed by atoms with Crippen LogP contribution in [0.4, 0.5) is 5.95 Å². The highest BCUT2D eigenvalue weighted by atomic mass is 16.5. The van der Waals surface area contributed by atoms with Crippen LogP contribution in [0.25, 0.3) is 11.6 Å². The molecule has 7 heteroatoms. The van der Waals surface area contributed by atoms with Crippen molar-refractivity contribution in [2.75, 3.05) is 31.7 Å². The van der Waals surface area contributed by atoms with E-state index in [2.05, 4.69) is 36.6 Å². The molecule has 7 nitrogen and oxygen atoms in total. The second-order valence-electron chi connectivity index (χ2n) is 5.53. The summed E-state index contributed by atoms with van der Waals surface area (Å²) in [5.74, 6) is 2.92. The average Bonchev–Trinajstić information content (AvgIpc) is 3.00. The van der Waals surface area contributed by atoms with E-state index in [1.807, 2.05) is 0 Å². The lowest BCUT2D eigenvalue weighted by Crippen LogP contribution is -2.36. The zero-order valence-electron chi connectivity index (χ0n) is 13.1. The summed E-state index contributed by atoms with van der Waals surface area (Å²) in [4.78, 5) is 10.9. The normalized spacial score (nSPS) is 16.2. The van der Waals surface area contributed by atoms with Crippen LogP contribution in [0.5, 0.6) is 0 Å². The van der Waals surface area contributed by atoms with Crippen LogP contribution in [0.2, 0.25) is 0 Å². The number of ether oxygens (including phenoxy) is 1. The van der Waals surface area contributed by atoms with Gasteiger partial charge in [-0.2, -0.15) is 0 Å². The molecule has 3 rings (SSSR count). The highest BCUT2D eigenvalue weighted by Gasteiger charge is 2.24. The molecule has 2 aromatic heterocycles. The quantitative estimate of drug-likeness (QED) is 0.836. The van der Waals surface area contributed by atoms with E-state index < -0.39 is 0 Å². The highest BCUT2D eigenvalue weighted by Crippen LogP contribution is 2.25. The van der Waals surface area contributed by atoms with Gasteiger partial charge in [0.2, 0.25) is 11.8 Å². The van der Waals surface area contributed by atoms with Crippen molar-refractivity contribution in [1.29, 1.82) is 0 Å². The van der Waals surface area contributed by atoms with Gasteiger partial charge in [-0.3, -0.25) is 4.57 Å². The third-order valence-corrected chi connectivity index (χ3v) is 4.11. The van der Waals surface area contributed by atoms with Gasteiger partial charge in [0.25, 0.3) is 0 Å². The zero-order valence-corrected chi connectivity index (χ0v) is 13.1. The van der Waals surface area contributed by atoms with Gasteiger partial charge in [0.15, 0.2) is 5.82 Å². The minimum absolute atomic E-state index is 0.623. The van der Waals surface area contributed by atoms with E-state index in [0.717, 1.165) is 50.9 Å². The van der Waals surface area contributed by atoms with Crippen molar-refractivity contribution in [3.63, 3.8) is 0 Å². The first kappa shape index (κ1) is 14.9. The van der Waals surface area contributed by atoms with E-state index in [9.17, 15) is 0 Å². The van der Waals surface area contributed by atoms with Gasteiger partial charge in [-0.05, 0) is 31.7 Å². The first-order valence-electron chi connectivity index (χ1n) is 7.78. The third-order valence-electron chi connectivity index (χ3n) is 4.11. The zero-order chi connectivity index (χ0) is 15.4. The second-order valence-corrected chi connectivity index (χ2v) is 5.53. The lowest BCUT2D eigenvalue weighted by molar-refractivity contribution is 0.138. The number of aromatic nitrogens is 5. The number of piperidine rings is 1. The van der Waals surface area contributed by atoms with Crippen LogP contribution in [0, 0.1) is 5.92 Å². The number of nitrogens with zero attached hydrogens (tertiary/aromatic N) is 6. The minimum Gasteiger partial charge on any atom is -0.384 e. The standard InChI is InChI=1S/C15H22N6O/c1-3-21-14(13-16-7-4-8-17-13)18-19-15(21)20-9-5-12(6-10-20)11-22-2/h4,7-8,12H,3,5-6,9-11H2,1-2H3. The van der Waals surface area contributed by atoms with E-state index in [-0.39, 0.29) is 0 Å². The fourth-order valence-electron chi connectivity index (χ4n) is 2.94. The molecule has 3 heterocycles. The number of methoxy groups -OCH3 is 1. The summed E-state index contributed by atoms with van der Waals surface area (Å²) >= 11 is 0. The van der Waals surface area contributed by atoms with Crippen LogP contribution in [0.15, 0.2) is 18.5 Å². The third kappa shape index (κ3) is 2.94. The molecule has 2 aromatic rings. The van der Waals surface area contributed by atoms with Crippen molar-refractivity contribution in [3.8, 4) is 11.6 Å². The van der Waals surface area contributed by atoms with E-state index in [0.29, 0.717) is 11.7 Å². The fraction of sp³-hybridized carbons (Fsp3) is 0.600. The number of anilines is 1. The van der Waals surface area contributed by atoms with E-state index in [1.54, 1.807) is 25.6 Å². The fourth-order valence-corrected chi connectivity index (χ4v) is 2.94. The SMILES string of the molecule is CCn1c(-c2ncccn2)nnc1N1CCC(COC)CC1. The number of hydrogen-bond acceptors (Lipinski definition) is 6. The molecule has 1 aliphatic heterocycles. The molecular weight excluding hydrogens is 280 g/mol. The summed E-state index contributed by atoms with van der Waals surface area (Å²) in [5.41, 5.74) is 0. The van der Waals surface area contributed by atoms with Gasteiger partial charge in [0, 0.05) is 45.7 Å². The Morgan fingerprint density at radius 1 is 1.18 bits per heavy atom. The Hall–Kier alpha value is -2.02. The Balaban J connectivity index is 1.79. The van der Waals surface area contributed by atoms with Crippen LogP contribution in [-0.4, -0.2) is 51.5 Å².